The highest BCUT2D eigenvalue weighted by molar-refractivity contribution is 5.92. The number of nitrogens with one attached hydrogen (secondary N) is 2. The topological polar surface area (TPSA) is 131 Å². The van der Waals surface area contributed by atoms with Crippen LogP contribution in [0.3, 0.4) is 0 Å². The van der Waals surface area contributed by atoms with Crippen LogP contribution < -0.4 is 16.4 Å². The Bertz CT molecular complexity index is 1170. The molecular weight excluding hydrogens is 496 g/mol. The monoisotopic (exact) mass is 534 g/mol. The van der Waals surface area contributed by atoms with Crippen LogP contribution in [0.25, 0.3) is 0 Å². The summed E-state index contributed by atoms with van der Waals surface area (Å²) >= 11 is 0. The molecule has 0 bridgehead atoms. The van der Waals surface area contributed by atoms with Gasteiger partial charge in [-0.1, -0.05) is 55.3 Å². The van der Waals surface area contributed by atoms with Crippen LogP contribution in [0.5, 0.6) is 0 Å². The van der Waals surface area contributed by atoms with E-state index in [2.05, 4.69) is 16.6 Å². The number of nitrogens with two attached hydrogens (primary N) is 1. The molecule has 0 aliphatic heterocycles. The summed E-state index contributed by atoms with van der Waals surface area (Å²) in [7, 11) is 0. The van der Waals surface area contributed by atoms with E-state index < -0.39 is 41.5 Å². The first-order valence-corrected chi connectivity index (χ1v) is 12.9. The Labute approximate surface area is 230 Å². The number of amides is 4. The standard InChI is InChI=1S/C30H38N4O5/c1-6-19-34(28(37)24(17-18-25(31)35)33-29(38)39-30(3,4)5)26(23-15-13-21(7-2)14-16-23)27(36)32-20-22-11-9-8-10-12-22/h2,8-16,24,26H,6,17-20H2,1,3-5H3,(H2,31,35)(H,32,36)(H,33,38). The number of ether oxygens (including phenoxy) is 1. The van der Waals surface area contributed by atoms with Gasteiger partial charge in [0.2, 0.25) is 17.7 Å². The minimum atomic E-state index is -1.15. The van der Waals surface area contributed by atoms with E-state index in [1.807, 2.05) is 37.3 Å². The Morgan fingerprint density at radius 1 is 1.05 bits per heavy atom. The van der Waals surface area contributed by atoms with Crippen molar-refractivity contribution in [1.82, 2.24) is 15.5 Å². The van der Waals surface area contributed by atoms with E-state index in [0.717, 1.165) is 5.56 Å². The molecule has 0 spiro atoms. The molecule has 0 radical (unpaired) electrons. The molecule has 0 fully saturated rings. The van der Waals surface area contributed by atoms with Crippen LogP contribution in [-0.2, 0) is 25.7 Å². The van der Waals surface area contributed by atoms with Crippen LogP contribution in [0.4, 0.5) is 4.79 Å². The maximum Gasteiger partial charge on any atom is 0.408 e. The number of nitrogens with zero attached hydrogens (tertiary/aromatic N) is 1. The van der Waals surface area contributed by atoms with Crippen molar-refractivity contribution in [1.29, 1.82) is 0 Å². The van der Waals surface area contributed by atoms with E-state index in [1.54, 1.807) is 45.0 Å². The Kier molecular flexibility index (Phi) is 11.5. The first-order chi connectivity index (χ1) is 18.4. The molecule has 0 aliphatic rings. The second-order valence-electron chi connectivity index (χ2n) is 10.1. The van der Waals surface area contributed by atoms with E-state index in [1.165, 1.54) is 4.90 Å². The predicted octanol–water partition coefficient (Wildman–Crippen LogP) is 3.42. The fourth-order valence-electron chi connectivity index (χ4n) is 3.92. The predicted molar refractivity (Wildman–Crippen MR) is 149 cm³/mol. The van der Waals surface area contributed by atoms with Crippen LogP contribution in [-0.4, -0.2) is 46.9 Å². The largest absolute Gasteiger partial charge is 0.444 e. The average molecular weight is 535 g/mol. The maximum atomic E-state index is 14.0. The third-order valence-corrected chi connectivity index (χ3v) is 5.68. The van der Waals surface area contributed by atoms with Crippen LogP contribution in [0.1, 0.15) is 69.7 Å². The van der Waals surface area contributed by atoms with Crippen LogP contribution in [0.15, 0.2) is 54.6 Å². The summed E-state index contributed by atoms with van der Waals surface area (Å²) in [6.45, 7) is 7.44. The van der Waals surface area contributed by atoms with Crippen molar-refractivity contribution in [2.45, 2.75) is 71.2 Å². The number of alkyl carbamates (subject to hydrolysis) is 1. The highest BCUT2D eigenvalue weighted by Gasteiger charge is 2.36. The van der Waals surface area contributed by atoms with Crippen LogP contribution in [0, 0.1) is 12.3 Å². The van der Waals surface area contributed by atoms with Crippen LogP contribution >= 0.6 is 0 Å². The zero-order valence-corrected chi connectivity index (χ0v) is 23.0. The number of primary amides is 1. The Balaban J connectivity index is 2.45. The van der Waals surface area contributed by atoms with Crippen molar-refractivity contribution >= 4 is 23.8 Å². The molecule has 2 atom stereocenters. The fourth-order valence-corrected chi connectivity index (χ4v) is 3.92. The molecule has 0 heterocycles. The van der Waals surface area contributed by atoms with Gasteiger partial charge in [0.15, 0.2) is 0 Å². The summed E-state index contributed by atoms with van der Waals surface area (Å²) in [6, 6.07) is 14.0. The molecule has 0 saturated heterocycles. The zero-order chi connectivity index (χ0) is 29.0. The molecule has 39 heavy (non-hydrogen) atoms. The van der Waals surface area contributed by atoms with E-state index in [-0.39, 0.29) is 25.9 Å². The molecule has 4 N–H and O–H groups in total. The van der Waals surface area contributed by atoms with E-state index >= 15 is 0 Å². The molecule has 2 rings (SSSR count). The van der Waals surface area contributed by atoms with Gasteiger partial charge in [0.05, 0.1) is 0 Å². The van der Waals surface area contributed by atoms with Gasteiger partial charge in [-0.05, 0) is 56.9 Å². The van der Waals surface area contributed by atoms with E-state index in [4.69, 9.17) is 16.9 Å². The summed E-state index contributed by atoms with van der Waals surface area (Å²) in [6.07, 6.45) is 5.03. The molecular formula is C30H38N4O5. The Morgan fingerprint density at radius 3 is 2.23 bits per heavy atom. The number of rotatable bonds is 12. The average Bonchev–Trinajstić information content (AvgIpc) is 2.89. The summed E-state index contributed by atoms with van der Waals surface area (Å²) in [5.41, 5.74) is 6.61. The van der Waals surface area contributed by atoms with Gasteiger partial charge < -0.3 is 26.0 Å². The normalized spacial score (nSPS) is 12.4. The zero-order valence-electron chi connectivity index (χ0n) is 23.0. The molecule has 2 aromatic rings. The van der Waals surface area contributed by atoms with Gasteiger partial charge in [-0.3, -0.25) is 14.4 Å². The number of hydrogen-bond acceptors (Lipinski definition) is 5. The third kappa shape index (κ3) is 10.2. The minimum Gasteiger partial charge on any atom is -0.444 e. The maximum absolute atomic E-state index is 14.0. The number of carbonyl (C=O) groups is 4. The molecule has 4 amide bonds. The fraction of sp³-hybridized carbons (Fsp3) is 0.400. The highest BCUT2D eigenvalue weighted by atomic mass is 16.6. The first-order valence-electron chi connectivity index (χ1n) is 12.9. The lowest BCUT2D eigenvalue weighted by Gasteiger charge is -2.34. The molecule has 2 aromatic carbocycles. The van der Waals surface area contributed by atoms with Crippen molar-refractivity contribution in [2.75, 3.05) is 6.54 Å². The summed E-state index contributed by atoms with van der Waals surface area (Å²) in [4.78, 5) is 53.2. The highest BCUT2D eigenvalue weighted by Crippen LogP contribution is 2.24. The molecule has 2 unspecified atom stereocenters. The molecule has 0 saturated carbocycles. The summed E-state index contributed by atoms with van der Waals surface area (Å²) < 4.78 is 5.34. The van der Waals surface area contributed by atoms with Gasteiger partial charge in [0.1, 0.15) is 17.7 Å². The van der Waals surface area contributed by atoms with Gasteiger partial charge in [-0.15, -0.1) is 6.42 Å². The number of carbonyl (C=O) groups excluding carboxylic acids is 4. The van der Waals surface area contributed by atoms with Crippen molar-refractivity contribution in [2.24, 2.45) is 5.73 Å². The van der Waals surface area contributed by atoms with Gasteiger partial charge in [0, 0.05) is 25.1 Å². The summed E-state index contributed by atoms with van der Waals surface area (Å²) in [5, 5.41) is 5.49. The first kappa shape index (κ1) is 30.9. The quantitative estimate of drug-likeness (QED) is 0.359. The Hall–Kier alpha value is -4.32. The number of terminal acetylenes is 1. The van der Waals surface area contributed by atoms with Gasteiger partial charge in [-0.2, -0.15) is 0 Å². The van der Waals surface area contributed by atoms with Gasteiger partial charge in [0.25, 0.3) is 0 Å². The van der Waals surface area contributed by atoms with Crippen molar-refractivity contribution in [3.63, 3.8) is 0 Å². The lowest BCUT2D eigenvalue weighted by Crippen LogP contribution is -2.53. The SMILES string of the molecule is C#Cc1ccc(C(C(=O)NCc2ccccc2)N(CCC)C(=O)C(CCC(N)=O)NC(=O)OC(C)(C)C)cc1. The molecule has 0 aromatic heterocycles. The van der Waals surface area contributed by atoms with Crippen molar-refractivity contribution in [3.05, 3.63) is 71.3 Å². The summed E-state index contributed by atoms with van der Waals surface area (Å²) in [5.74, 6) is 0.983. The molecule has 9 nitrogen and oxygen atoms in total. The van der Waals surface area contributed by atoms with Gasteiger partial charge >= 0.3 is 6.09 Å². The van der Waals surface area contributed by atoms with E-state index in [9.17, 15) is 19.2 Å². The number of hydrogen-bond donors (Lipinski definition) is 3. The van der Waals surface area contributed by atoms with E-state index in [0.29, 0.717) is 17.5 Å². The second-order valence-corrected chi connectivity index (χ2v) is 10.1. The second kappa shape index (κ2) is 14.6. The third-order valence-electron chi connectivity index (χ3n) is 5.68. The lowest BCUT2D eigenvalue weighted by atomic mass is 10.00. The van der Waals surface area contributed by atoms with Gasteiger partial charge in [-0.25, -0.2) is 4.79 Å². The lowest BCUT2D eigenvalue weighted by molar-refractivity contribution is -0.142. The minimum absolute atomic E-state index is 0.0536. The number of benzene rings is 2. The van der Waals surface area contributed by atoms with Crippen molar-refractivity contribution < 1.29 is 23.9 Å². The van der Waals surface area contributed by atoms with Crippen molar-refractivity contribution in [3.8, 4) is 12.3 Å². The molecule has 9 heteroatoms. The molecule has 208 valence electrons. The van der Waals surface area contributed by atoms with Crippen LogP contribution in [0.2, 0.25) is 0 Å². The molecule has 0 aliphatic carbocycles. The smallest absolute Gasteiger partial charge is 0.408 e. The Morgan fingerprint density at radius 2 is 1.69 bits per heavy atom.